The molecule has 1 rings (SSSR count). The molecule has 3 nitrogen and oxygen atoms in total. The first kappa shape index (κ1) is 14.0. The molecule has 0 fully saturated rings. The largest absolute Gasteiger partial charge is 0.508 e. The number of nitrogens with one attached hydrogen (secondary N) is 1. The van der Waals surface area contributed by atoms with E-state index in [9.17, 15) is 0 Å². The van der Waals surface area contributed by atoms with Crippen molar-refractivity contribution in [2.45, 2.75) is 26.8 Å². The number of hydrogen-bond donors (Lipinski definition) is 2. The Morgan fingerprint density at radius 2 is 1.94 bits per heavy atom. The molecule has 3 heteroatoms. The van der Waals surface area contributed by atoms with Crippen LogP contribution < -0.4 is 5.32 Å². The van der Waals surface area contributed by atoms with Gasteiger partial charge in [0.05, 0.1) is 0 Å². The van der Waals surface area contributed by atoms with E-state index in [4.69, 9.17) is 9.84 Å². The highest BCUT2D eigenvalue weighted by Gasteiger charge is 1.95. The van der Waals surface area contributed by atoms with Crippen LogP contribution in [0.1, 0.15) is 25.8 Å². The van der Waals surface area contributed by atoms with E-state index in [-0.39, 0.29) is 0 Å². The van der Waals surface area contributed by atoms with Crippen molar-refractivity contribution >= 4 is 0 Å². The van der Waals surface area contributed by atoms with Crippen molar-refractivity contribution in [3.8, 4) is 5.75 Å². The van der Waals surface area contributed by atoms with Crippen LogP contribution in [0, 0.1) is 5.92 Å². The normalized spacial score (nSPS) is 11.0. The van der Waals surface area contributed by atoms with Crippen LogP contribution >= 0.6 is 0 Å². The highest BCUT2D eigenvalue weighted by Crippen LogP contribution is 2.08. The molecule has 1 aromatic rings. The van der Waals surface area contributed by atoms with Crippen molar-refractivity contribution in [1.82, 2.24) is 5.32 Å². The lowest BCUT2D eigenvalue weighted by atomic mass is 10.2. The first-order valence-electron chi connectivity index (χ1n) is 6.25. The van der Waals surface area contributed by atoms with Crippen molar-refractivity contribution in [2.75, 3.05) is 19.8 Å². The zero-order chi connectivity index (χ0) is 12.5. The highest BCUT2D eigenvalue weighted by atomic mass is 16.5. The van der Waals surface area contributed by atoms with Crippen LogP contribution in [0.3, 0.4) is 0 Å². The smallest absolute Gasteiger partial charge is 0.115 e. The SMILES string of the molecule is CC(C)COCCCNCc1ccc(O)cc1. The first-order valence-corrected chi connectivity index (χ1v) is 6.25. The monoisotopic (exact) mass is 237 g/mol. The van der Waals surface area contributed by atoms with Gasteiger partial charge in [0.2, 0.25) is 0 Å². The van der Waals surface area contributed by atoms with Crippen LogP contribution in [0.15, 0.2) is 24.3 Å². The van der Waals surface area contributed by atoms with E-state index in [1.807, 2.05) is 12.1 Å². The zero-order valence-corrected chi connectivity index (χ0v) is 10.8. The van der Waals surface area contributed by atoms with E-state index < -0.39 is 0 Å². The summed E-state index contributed by atoms with van der Waals surface area (Å²) >= 11 is 0. The van der Waals surface area contributed by atoms with Gasteiger partial charge in [-0.15, -0.1) is 0 Å². The van der Waals surface area contributed by atoms with Gasteiger partial charge in [-0.3, -0.25) is 0 Å². The minimum atomic E-state index is 0.316. The third-order valence-corrected chi connectivity index (χ3v) is 2.36. The molecule has 0 saturated carbocycles. The topological polar surface area (TPSA) is 41.5 Å². The summed E-state index contributed by atoms with van der Waals surface area (Å²) in [5.74, 6) is 0.927. The number of aromatic hydroxyl groups is 1. The van der Waals surface area contributed by atoms with Crippen molar-refractivity contribution in [3.05, 3.63) is 29.8 Å². The summed E-state index contributed by atoms with van der Waals surface area (Å²) in [4.78, 5) is 0. The number of hydrogen-bond acceptors (Lipinski definition) is 3. The molecule has 0 saturated heterocycles. The van der Waals surface area contributed by atoms with Crippen LogP contribution in [0.4, 0.5) is 0 Å². The van der Waals surface area contributed by atoms with Gasteiger partial charge in [-0.2, -0.15) is 0 Å². The van der Waals surface area contributed by atoms with Gasteiger partial charge in [0, 0.05) is 19.8 Å². The highest BCUT2D eigenvalue weighted by molar-refractivity contribution is 5.25. The fourth-order valence-corrected chi connectivity index (χ4v) is 1.46. The Labute approximate surface area is 104 Å². The molecule has 96 valence electrons. The van der Waals surface area contributed by atoms with Gasteiger partial charge in [0.25, 0.3) is 0 Å². The molecule has 0 bridgehead atoms. The molecular weight excluding hydrogens is 214 g/mol. The second-order valence-corrected chi connectivity index (χ2v) is 4.67. The van der Waals surface area contributed by atoms with Gasteiger partial charge in [0.1, 0.15) is 5.75 Å². The van der Waals surface area contributed by atoms with E-state index in [1.54, 1.807) is 12.1 Å². The van der Waals surface area contributed by atoms with Gasteiger partial charge in [-0.25, -0.2) is 0 Å². The zero-order valence-electron chi connectivity index (χ0n) is 10.8. The molecule has 0 spiro atoms. The molecule has 0 heterocycles. The lowest BCUT2D eigenvalue weighted by Crippen LogP contribution is -2.16. The summed E-state index contributed by atoms with van der Waals surface area (Å²) in [5, 5.41) is 12.5. The average Bonchev–Trinajstić information content (AvgIpc) is 2.30. The standard InChI is InChI=1S/C14H23NO2/c1-12(2)11-17-9-3-8-15-10-13-4-6-14(16)7-5-13/h4-7,12,15-16H,3,8-11H2,1-2H3. The Morgan fingerprint density at radius 1 is 1.24 bits per heavy atom. The quantitative estimate of drug-likeness (QED) is 0.683. The lowest BCUT2D eigenvalue weighted by molar-refractivity contribution is 0.108. The van der Waals surface area contributed by atoms with E-state index in [1.165, 1.54) is 5.56 Å². The summed E-state index contributed by atoms with van der Waals surface area (Å²) in [7, 11) is 0. The maximum Gasteiger partial charge on any atom is 0.115 e. The number of phenolic OH excluding ortho intramolecular Hbond substituents is 1. The molecule has 0 radical (unpaired) electrons. The fourth-order valence-electron chi connectivity index (χ4n) is 1.46. The number of rotatable bonds is 8. The number of ether oxygens (including phenoxy) is 1. The van der Waals surface area contributed by atoms with Crippen LogP contribution in [0.5, 0.6) is 5.75 Å². The van der Waals surface area contributed by atoms with Crippen LogP contribution in [-0.2, 0) is 11.3 Å². The Balaban J connectivity index is 1.99. The molecule has 1 aromatic carbocycles. The summed E-state index contributed by atoms with van der Waals surface area (Å²) in [5.41, 5.74) is 1.19. The summed E-state index contributed by atoms with van der Waals surface area (Å²) < 4.78 is 5.49. The molecule has 2 N–H and O–H groups in total. The summed E-state index contributed by atoms with van der Waals surface area (Å²) in [6.45, 7) is 7.77. The van der Waals surface area contributed by atoms with Crippen molar-refractivity contribution < 1.29 is 9.84 Å². The minimum absolute atomic E-state index is 0.316. The predicted octanol–water partition coefficient (Wildman–Crippen LogP) is 2.54. The van der Waals surface area contributed by atoms with E-state index in [2.05, 4.69) is 19.2 Å². The second-order valence-electron chi connectivity index (χ2n) is 4.67. The molecule has 0 amide bonds. The van der Waals surface area contributed by atoms with Crippen LogP contribution in [0.25, 0.3) is 0 Å². The Bertz CT molecular complexity index is 296. The van der Waals surface area contributed by atoms with Crippen molar-refractivity contribution in [3.63, 3.8) is 0 Å². The second kappa shape index (κ2) is 8.09. The van der Waals surface area contributed by atoms with Crippen molar-refractivity contribution in [2.24, 2.45) is 5.92 Å². The van der Waals surface area contributed by atoms with Gasteiger partial charge in [0.15, 0.2) is 0 Å². The summed E-state index contributed by atoms with van der Waals surface area (Å²) in [6.07, 6.45) is 1.03. The fraction of sp³-hybridized carbons (Fsp3) is 0.571. The Kier molecular flexibility index (Phi) is 6.67. The van der Waals surface area contributed by atoms with Gasteiger partial charge in [-0.1, -0.05) is 26.0 Å². The van der Waals surface area contributed by atoms with Gasteiger partial charge in [-0.05, 0) is 36.6 Å². The van der Waals surface area contributed by atoms with Crippen LogP contribution in [0.2, 0.25) is 0 Å². The third-order valence-electron chi connectivity index (χ3n) is 2.36. The molecule has 0 aliphatic heterocycles. The number of phenols is 1. The number of benzene rings is 1. The van der Waals surface area contributed by atoms with E-state index in [0.717, 1.165) is 32.7 Å². The van der Waals surface area contributed by atoms with Gasteiger partial charge >= 0.3 is 0 Å². The third kappa shape index (κ3) is 6.97. The molecule has 0 aliphatic rings. The summed E-state index contributed by atoms with van der Waals surface area (Å²) in [6, 6.07) is 7.28. The van der Waals surface area contributed by atoms with E-state index >= 15 is 0 Å². The molecule has 0 aromatic heterocycles. The molecular formula is C14H23NO2. The lowest BCUT2D eigenvalue weighted by Gasteiger charge is -2.07. The molecule has 17 heavy (non-hydrogen) atoms. The molecule has 0 aliphatic carbocycles. The molecule has 0 unspecified atom stereocenters. The average molecular weight is 237 g/mol. The Hall–Kier alpha value is -1.06. The minimum Gasteiger partial charge on any atom is -0.508 e. The van der Waals surface area contributed by atoms with Gasteiger partial charge < -0.3 is 15.2 Å². The molecule has 0 atom stereocenters. The first-order chi connectivity index (χ1) is 8.18. The predicted molar refractivity (Wildman–Crippen MR) is 70.1 cm³/mol. The maximum atomic E-state index is 9.13. The Morgan fingerprint density at radius 3 is 2.59 bits per heavy atom. The maximum absolute atomic E-state index is 9.13. The van der Waals surface area contributed by atoms with Crippen molar-refractivity contribution in [1.29, 1.82) is 0 Å². The van der Waals surface area contributed by atoms with E-state index in [0.29, 0.717) is 11.7 Å². The van der Waals surface area contributed by atoms with Crippen LogP contribution in [-0.4, -0.2) is 24.9 Å².